The highest BCUT2D eigenvalue weighted by Crippen LogP contribution is 2.42. The van der Waals surface area contributed by atoms with Crippen molar-refractivity contribution in [3.05, 3.63) is 23.1 Å². The molecule has 0 saturated carbocycles. The van der Waals surface area contributed by atoms with Crippen molar-refractivity contribution in [2.24, 2.45) is 11.8 Å². The standard InChI is InChI=1S/C28H48B2O7P/c1-25(2)26(3,4)35-29(34-25)23-13-9-21(10-14-23)17-19-32-38(31)33-20-18-22-11-15-24(16-12-22)30-36-27(5,6)28(7,8)37-30/h13,15,21-22H,9-12,14,16-20H2,1-8H3/q+1. The Morgan fingerprint density at radius 3 is 1.34 bits per heavy atom. The molecule has 7 nitrogen and oxygen atoms in total. The summed E-state index contributed by atoms with van der Waals surface area (Å²) in [6.07, 6.45) is 12.3. The summed E-state index contributed by atoms with van der Waals surface area (Å²) in [5, 5.41) is 0. The highest BCUT2D eigenvalue weighted by molar-refractivity contribution is 7.33. The van der Waals surface area contributed by atoms with Crippen molar-refractivity contribution in [2.75, 3.05) is 13.2 Å². The van der Waals surface area contributed by atoms with Crippen LogP contribution in [0.5, 0.6) is 0 Å². The molecule has 2 aliphatic carbocycles. The molecule has 38 heavy (non-hydrogen) atoms. The van der Waals surface area contributed by atoms with Gasteiger partial charge in [-0.1, -0.05) is 12.2 Å². The van der Waals surface area contributed by atoms with Crippen LogP contribution in [0.2, 0.25) is 0 Å². The van der Waals surface area contributed by atoms with Crippen LogP contribution in [-0.4, -0.2) is 49.9 Å². The molecule has 0 N–H and O–H groups in total. The van der Waals surface area contributed by atoms with Crippen molar-refractivity contribution in [3.63, 3.8) is 0 Å². The van der Waals surface area contributed by atoms with Crippen molar-refractivity contribution < 1.29 is 32.2 Å². The van der Waals surface area contributed by atoms with E-state index < -0.39 is 8.25 Å². The first kappa shape index (κ1) is 30.4. The Morgan fingerprint density at radius 1 is 0.711 bits per heavy atom. The molecule has 0 radical (unpaired) electrons. The molecule has 0 aromatic carbocycles. The van der Waals surface area contributed by atoms with Gasteiger partial charge in [0.05, 0.1) is 22.4 Å². The van der Waals surface area contributed by atoms with Crippen LogP contribution in [0.4, 0.5) is 0 Å². The second-order valence-electron chi connectivity index (χ2n) is 13.5. The van der Waals surface area contributed by atoms with E-state index in [-0.39, 0.29) is 36.6 Å². The first-order chi connectivity index (χ1) is 17.7. The van der Waals surface area contributed by atoms with Crippen LogP contribution in [0.25, 0.3) is 0 Å². The zero-order chi connectivity index (χ0) is 27.8. The molecule has 0 amide bonds. The summed E-state index contributed by atoms with van der Waals surface area (Å²) in [5.74, 6) is 1.05. The van der Waals surface area contributed by atoms with E-state index in [0.717, 1.165) is 51.4 Å². The van der Waals surface area contributed by atoms with Crippen molar-refractivity contribution in [2.45, 2.75) is 129 Å². The van der Waals surface area contributed by atoms with Crippen LogP contribution in [-0.2, 0) is 32.2 Å². The average molecular weight is 549 g/mol. The van der Waals surface area contributed by atoms with E-state index in [2.05, 4.69) is 67.5 Å². The molecular weight excluding hydrogens is 501 g/mol. The predicted octanol–water partition coefficient (Wildman–Crippen LogP) is 7.17. The molecular formula is C28H48B2O7P+. The van der Waals surface area contributed by atoms with Crippen molar-refractivity contribution in [3.8, 4) is 0 Å². The Morgan fingerprint density at radius 2 is 1.05 bits per heavy atom. The molecule has 0 aromatic rings. The number of hydrogen-bond acceptors (Lipinski definition) is 7. The van der Waals surface area contributed by atoms with Crippen LogP contribution >= 0.6 is 8.25 Å². The first-order valence-electron chi connectivity index (χ1n) is 14.5. The number of hydrogen-bond donors (Lipinski definition) is 0. The van der Waals surface area contributed by atoms with Gasteiger partial charge < -0.3 is 18.6 Å². The van der Waals surface area contributed by atoms with Gasteiger partial charge in [0.2, 0.25) is 0 Å². The molecule has 4 rings (SSSR count). The Hall–Kier alpha value is -0.530. The highest BCUT2D eigenvalue weighted by atomic mass is 31.1. The maximum atomic E-state index is 12.2. The largest absolute Gasteiger partial charge is 0.697 e. The summed E-state index contributed by atoms with van der Waals surface area (Å²) in [5.41, 5.74) is 1.27. The Balaban J connectivity index is 1.08. The van der Waals surface area contributed by atoms with E-state index in [1.807, 2.05) is 0 Å². The van der Waals surface area contributed by atoms with Gasteiger partial charge in [0.1, 0.15) is 13.2 Å². The van der Waals surface area contributed by atoms with E-state index in [4.69, 9.17) is 27.7 Å². The summed E-state index contributed by atoms with van der Waals surface area (Å²) >= 11 is 0. The van der Waals surface area contributed by atoms with E-state index >= 15 is 0 Å². The van der Waals surface area contributed by atoms with Gasteiger partial charge in [0, 0.05) is 4.57 Å². The number of rotatable bonds is 10. The topological polar surface area (TPSA) is 72.5 Å². The van der Waals surface area contributed by atoms with Crippen LogP contribution in [0.15, 0.2) is 23.1 Å². The van der Waals surface area contributed by atoms with E-state index in [0.29, 0.717) is 25.0 Å². The lowest BCUT2D eigenvalue weighted by molar-refractivity contribution is 0.00578. The van der Waals surface area contributed by atoms with Gasteiger partial charge in [0.15, 0.2) is 0 Å². The van der Waals surface area contributed by atoms with Gasteiger partial charge in [0.25, 0.3) is 0 Å². The van der Waals surface area contributed by atoms with Gasteiger partial charge in [-0.2, -0.15) is 0 Å². The zero-order valence-corrected chi connectivity index (χ0v) is 25.7. The Labute approximate surface area is 232 Å². The molecule has 2 atom stereocenters. The molecule has 2 fully saturated rings. The van der Waals surface area contributed by atoms with Crippen molar-refractivity contribution >= 4 is 22.5 Å². The fourth-order valence-corrected chi connectivity index (χ4v) is 5.97. The quantitative estimate of drug-likeness (QED) is 0.211. The van der Waals surface area contributed by atoms with Crippen LogP contribution in [0, 0.1) is 11.8 Å². The molecule has 0 aromatic heterocycles. The lowest BCUT2D eigenvalue weighted by Gasteiger charge is -2.32. The summed E-state index contributed by atoms with van der Waals surface area (Å²) in [6, 6.07) is 0. The third kappa shape index (κ3) is 7.02. The maximum absolute atomic E-state index is 12.2. The fraction of sp³-hybridized carbons (Fsp3) is 0.857. The lowest BCUT2D eigenvalue weighted by Crippen LogP contribution is -2.41. The zero-order valence-electron chi connectivity index (χ0n) is 24.8. The fourth-order valence-electron chi connectivity index (χ4n) is 5.38. The molecule has 0 bridgehead atoms. The second-order valence-corrected chi connectivity index (χ2v) is 14.4. The molecule has 4 aliphatic rings. The molecule has 10 heteroatoms. The summed E-state index contributed by atoms with van der Waals surface area (Å²) in [4.78, 5) is 0. The smallest absolute Gasteiger partial charge is 0.400 e. The SMILES string of the molecule is CC1(C)OB(C2=CCC(CCO[P+](=O)OCCC3CC=C(B4OC(C)(C)C(C)(C)O4)CC3)CC2)OC1(C)C. The molecule has 0 spiro atoms. The minimum Gasteiger partial charge on any atom is -0.400 e. The predicted molar refractivity (Wildman–Crippen MR) is 152 cm³/mol. The first-order valence-corrected chi connectivity index (χ1v) is 15.6. The summed E-state index contributed by atoms with van der Waals surface area (Å²) in [6.45, 7) is 17.6. The van der Waals surface area contributed by atoms with Gasteiger partial charge in [-0.25, -0.2) is 0 Å². The van der Waals surface area contributed by atoms with Crippen molar-refractivity contribution in [1.82, 2.24) is 0 Å². The average Bonchev–Trinajstić information content (AvgIpc) is 3.19. The minimum atomic E-state index is -2.07. The molecule has 2 unspecified atom stereocenters. The Bertz CT molecular complexity index is 826. The summed E-state index contributed by atoms with van der Waals surface area (Å²) in [7, 11) is -2.55. The third-order valence-corrected chi connectivity index (χ3v) is 10.5. The van der Waals surface area contributed by atoms with Gasteiger partial charge >= 0.3 is 22.5 Å². The highest BCUT2D eigenvalue weighted by Gasteiger charge is 2.53. The Kier molecular flexibility index (Phi) is 9.41. The van der Waals surface area contributed by atoms with Crippen LogP contribution in [0.1, 0.15) is 107 Å². The van der Waals surface area contributed by atoms with E-state index in [9.17, 15) is 4.57 Å². The molecule has 2 saturated heterocycles. The van der Waals surface area contributed by atoms with Crippen LogP contribution in [0.3, 0.4) is 0 Å². The minimum absolute atomic E-state index is 0.241. The molecule has 212 valence electrons. The van der Waals surface area contributed by atoms with E-state index in [1.165, 1.54) is 10.9 Å². The van der Waals surface area contributed by atoms with Gasteiger partial charge in [-0.3, -0.25) is 0 Å². The second kappa shape index (κ2) is 11.8. The normalized spacial score (nSPS) is 30.3. The molecule has 2 aliphatic heterocycles. The summed E-state index contributed by atoms with van der Waals surface area (Å²) < 4.78 is 48.0. The van der Waals surface area contributed by atoms with Gasteiger partial charge in [-0.05, 0) is 130 Å². The lowest BCUT2D eigenvalue weighted by atomic mass is 9.70. The monoisotopic (exact) mass is 549 g/mol. The van der Waals surface area contributed by atoms with Gasteiger partial charge in [-0.15, -0.1) is 9.05 Å². The third-order valence-electron chi connectivity index (χ3n) is 9.67. The maximum Gasteiger partial charge on any atom is 0.697 e. The van der Waals surface area contributed by atoms with E-state index in [1.54, 1.807) is 0 Å². The molecule has 2 heterocycles. The van der Waals surface area contributed by atoms with Crippen LogP contribution < -0.4 is 0 Å². The number of allylic oxidation sites excluding steroid dienone is 4. The van der Waals surface area contributed by atoms with Crippen molar-refractivity contribution in [1.29, 1.82) is 0 Å².